The van der Waals surface area contributed by atoms with E-state index in [1.54, 1.807) is 0 Å². The Bertz CT molecular complexity index is 395. The molecule has 0 aliphatic heterocycles. The zero-order valence-corrected chi connectivity index (χ0v) is 15.8. The molecule has 21 heavy (non-hydrogen) atoms. The van der Waals surface area contributed by atoms with E-state index in [-0.39, 0.29) is 5.54 Å². The van der Waals surface area contributed by atoms with Gasteiger partial charge in [-0.05, 0) is 44.7 Å². The standard InChI is InChI=1S/C19H32BrN/c1-5-6-7-8-9-12-16(15-21-19(2,3)4)17-13-10-11-14-18(17)20/h10-11,13-14,16,21H,5-9,12,15H2,1-4H3. The van der Waals surface area contributed by atoms with Crippen LogP contribution in [0.5, 0.6) is 0 Å². The molecule has 1 aromatic carbocycles. The van der Waals surface area contributed by atoms with Gasteiger partial charge in [0.05, 0.1) is 0 Å². The van der Waals surface area contributed by atoms with Crippen molar-refractivity contribution in [3.63, 3.8) is 0 Å². The Kier molecular flexibility index (Phi) is 8.58. The van der Waals surface area contributed by atoms with Crippen LogP contribution in [-0.4, -0.2) is 12.1 Å². The topological polar surface area (TPSA) is 12.0 Å². The van der Waals surface area contributed by atoms with Gasteiger partial charge in [-0.2, -0.15) is 0 Å². The quantitative estimate of drug-likeness (QED) is 0.515. The number of unbranched alkanes of at least 4 members (excludes halogenated alkanes) is 4. The summed E-state index contributed by atoms with van der Waals surface area (Å²) in [6.07, 6.45) is 8.04. The first-order chi connectivity index (χ1) is 9.94. The van der Waals surface area contributed by atoms with E-state index in [1.165, 1.54) is 48.6 Å². The van der Waals surface area contributed by atoms with Crippen LogP contribution in [0.2, 0.25) is 0 Å². The molecular weight excluding hydrogens is 322 g/mol. The molecule has 0 spiro atoms. The zero-order valence-electron chi connectivity index (χ0n) is 14.2. The second-order valence-corrected chi connectivity index (χ2v) is 7.91. The molecular formula is C19H32BrN. The van der Waals surface area contributed by atoms with Crippen LogP contribution in [0.1, 0.15) is 77.7 Å². The van der Waals surface area contributed by atoms with Crippen LogP contribution in [-0.2, 0) is 0 Å². The Morgan fingerprint density at radius 1 is 1.05 bits per heavy atom. The molecule has 0 aliphatic carbocycles. The molecule has 0 aliphatic rings. The molecule has 1 atom stereocenters. The highest BCUT2D eigenvalue weighted by atomic mass is 79.9. The van der Waals surface area contributed by atoms with Crippen molar-refractivity contribution >= 4 is 15.9 Å². The molecule has 0 amide bonds. The minimum absolute atomic E-state index is 0.182. The van der Waals surface area contributed by atoms with Crippen molar-refractivity contribution in [2.24, 2.45) is 0 Å². The number of nitrogens with one attached hydrogen (secondary N) is 1. The zero-order chi connectivity index (χ0) is 15.7. The third kappa shape index (κ3) is 8.01. The minimum Gasteiger partial charge on any atom is -0.311 e. The van der Waals surface area contributed by atoms with E-state index in [2.05, 4.69) is 73.2 Å². The van der Waals surface area contributed by atoms with Crippen molar-refractivity contribution in [1.29, 1.82) is 0 Å². The molecule has 0 fully saturated rings. The minimum atomic E-state index is 0.182. The lowest BCUT2D eigenvalue weighted by atomic mass is 9.92. The molecule has 0 radical (unpaired) electrons. The van der Waals surface area contributed by atoms with Crippen LogP contribution >= 0.6 is 15.9 Å². The van der Waals surface area contributed by atoms with Crippen molar-refractivity contribution < 1.29 is 0 Å². The summed E-state index contributed by atoms with van der Waals surface area (Å²) in [5.74, 6) is 0.599. The van der Waals surface area contributed by atoms with Gasteiger partial charge in [0, 0.05) is 16.6 Å². The first-order valence-corrected chi connectivity index (χ1v) is 9.23. The molecule has 1 aromatic rings. The summed E-state index contributed by atoms with van der Waals surface area (Å²) < 4.78 is 1.25. The average molecular weight is 354 g/mol. The maximum absolute atomic E-state index is 3.72. The van der Waals surface area contributed by atoms with Crippen LogP contribution in [0, 0.1) is 0 Å². The lowest BCUT2D eigenvalue weighted by Gasteiger charge is -2.26. The molecule has 120 valence electrons. The fraction of sp³-hybridized carbons (Fsp3) is 0.684. The highest BCUT2D eigenvalue weighted by molar-refractivity contribution is 9.10. The van der Waals surface area contributed by atoms with E-state index < -0.39 is 0 Å². The predicted molar refractivity (Wildman–Crippen MR) is 98.0 cm³/mol. The van der Waals surface area contributed by atoms with Crippen molar-refractivity contribution in [1.82, 2.24) is 5.32 Å². The Morgan fingerprint density at radius 3 is 2.33 bits per heavy atom. The summed E-state index contributed by atoms with van der Waals surface area (Å²) in [6.45, 7) is 10.1. The van der Waals surface area contributed by atoms with Crippen molar-refractivity contribution in [2.75, 3.05) is 6.54 Å². The molecule has 0 saturated carbocycles. The van der Waals surface area contributed by atoms with Gasteiger partial charge in [0.1, 0.15) is 0 Å². The lowest BCUT2D eigenvalue weighted by Crippen LogP contribution is -2.38. The van der Waals surface area contributed by atoms with Crippen molar-refractivity contribution in [3.05, 3.63) is 34.3 Å². The number of rotatable bonds is 9. The van der Waals surface area contributed by atoms with Gasteiger partial charge in [-0.15, -0.1) is 0 Å². The molecule has 1 nitrogen and oxygen atoms in total. The lowest BCUT2D eigenvalue weighted by molar-refractivity contribution is 0.393. The molecule has 0 saturated heterocycles. The Morgan fingerprint density at radius 2 is 1.71 bits per heavy atom. The van der Waals surface area contributed by atoms with Gasteiger partial charge in [0.2, 0.25) is 0 Å². The van der Waals surface area contributed by atoms with Crippen LogP contribution in [0.15, 0.2) is 28.7 Å². The third-order valence-corrected chi connectivity index (χ3v) is 4.60. The van der Waals surface area contributed by atoms with Gasteiger partial charge in [-0.1, -0.05) is 73.2 Å². The summed E-state index contributed by atoms with van der Waals surface area (Å²) >= 11 is 3.72. The number of halogens is 1. The van der Waals surface area contributed by atoms with Gasteiger partial charge in [-0.3, -0.25) is 0 Å². The van der Waals surface area contributed by atoms with Crippen molar-refractivity contribution in [3.8, 4) is 0 Å². The average Bonchev–Trinajstić information content (AvgIpc) is 2.42. The van der Waals surface area contributed by atoms with Crippen LogP contribution in [0.3, 0.4) is 0 Å². The van der Waals surface area contributed by atoms with Crippen LogP contribution in [0.4, 0.5) is 0 Å². The third-order valence-electron chi connectivity index (χ3n) is 3.88. The van der Waals surface area contributed by atoms with Crippen LogP contribution in [0.25, 0.3) is 0 Å². The summed E-state index contributed by atoms with van der Waals surface area (Å²) in [4.78, 5) is 0. The second kappa shape index (κ2) is 9.63. The molecule has 1 unspecified atom stereocenters. The number of hydrogen-bond acceptors (Lipinski definition) is 1. The summed E-state index contributed by atoms with van der Waals surface area (Å²) in [5, 5.41) is 3.68. The first-order valence-electron chi connectivity index (χ1n) is 8.43. The molecule has 0 bridgehead atoms. The summed E-state index contributed by atoms with van der Waals surface area (Å²) in [7, 11) is 0. The van der Waals surface area contributed by atoms with E-state index in [0.29, 0.717) is 5.92 Å². The summed E-state index contributed by atoms with van der Waals surface area (Å²) in [6, 6.07) is 8.69. The molecule has 1 N–H and O–H groups in total. The predicted octanol–water partition coefficient (Wildman–Crippen LogP) is 6.28. The summed E-state index contributed by atoms with van der Waals surface area (Å²) in [5.41, 5.74) is 1.63. The van der Waals surface area contributed by atoms with E-state index in [9.17, 15) is 0 Å². The first kappa shape index (κ1) is 18.7. The Hall–Kier alpha value is -0.340. The highest BCUT2D eigenvalue weighted by Gasteiger charge is 2.17. The molecule has 0 aromatic heterocycles. The fourth-order valence-electron chi connectivity index (χ4n) is 2.60. The maximum atomic E-state index is 3.72. The van der Waals surface area contributed by atoms with E-state index in [0.717, 1.165) is 6.54 Å². The van der Waals surface area contributed by atoms with Gasteiger partial charge in [0.15, 0.2) is 0 Å². The van der Waals surface area contributed by atoms with E-state index in [1.807, 2.05) is 0 Å². The van der Waals surface area contributed by atoms with E-state index in [4.69, 9.17) is 0 Å². The van der Waals surface area contributed by atoms with Crippen LogP contribution < -0.4 is 5.32 Å². The fourth-order valence-corrected chi connectivity index (χ4v) is 3.21. The Balaban J connectivity index is 2.60. The SMILES string of the molecule is CCCCCCCC(CNC(C)(C)C)c1ccccc1Br. The Labute approximate surface area is 140 Å². The number of hydrogen-bond donors (Lipinski definition) is 1. The largest absolute Gasteiger partial charge is 0.311 e. The van der Waals surface area contributed by atoms with Gasteiger partial charge < -0.3 is 5.32 Å². The van der Waals surface area contributed by atoms with Gasteiger partial charge >= 0.3 is 0 Å². The highest BCUT2D eigenvalue weighted by Crippen LogP contribution is 2.29. The molecule has 2 heteroatoms. The maximum Gasteiger partial charge on any atom is 0.0210 e. The van der Waals surface area contributed by atoms with Gasteiger partial charge in [-0.25, -0.2) is 0 Å². The normalized spacial score (nSPS) is 13.4. The van der Waals surface area contributed by atoms with E-state index >= 15 is 0 Å². The van der Waals surface area contributed by atoms with Crippen molar-refractivity contribution in [2.45, 2.75) is 77.7 Å². The molecule has 1 rings (SSSR count). The van der Waals surface area contributed by atoms with Gasteiger partial charge in [0.25, 0.3) is 0 Å². The smallest absolute Gasteiger partial charge is 0.0210 e. The monoisotopic (exact) mass is 353 g/mol. The molecule has 0 heterocycles. The second-order valence-electron chi connectivity index (χ2n) is 7.05. The number of benzene rings is 1.